The number of rotatable bonds is 3. The molecule has 4 heteroatoms. The van der Waals surface area contributed by atoms with Gasteiger partial charge in [0.25, 0.3) is 0 Å². The highest BCUT2D eigenvalue weighted by Crippen LogP contribution is 2.42. The van der Waals surface area contributed by atoms with E-state index in [1.165, 1.54) is 5.56 Å². The molecule has 2 aliphatic rings. The Balaban J connectivity index is 1.88. The fourth-order valence-electron chi connectivity index (χ4n) is 2.67. The minimum Gasteiger partial charge on any atom is -0.318 e. The van der Waals surface area contributed by atoms with Crippen LogP contribution in [0.4, 0.5) is 0 Å². The quantitative estimate of drug-likeness (QED) is 0.893. The van der Waals surface area contributed by atoms with Crippen molar-refractivity contribution in [3.05, 3.63) is 22.4 Å². The zero-order valence-corrected chi connectivity index (χ0v) is 11.0. The standard InChI is InChI=1S/C13H18N2OS/c1-3-10-13(16)15(11-6-8(11)2)12(14-10)9-4-5-17-7-9/h4-5,7-8,10-12,14H,3,6H2,1-2H3. The van der Waals surface area contributed by atoms with Crippen LogP contribution in [0.3, 0.4) is 0 Å². The number of hydrogen-bond donors (Lipinski definition) is 1. The second-order valence-electron chi connectivity index (χ2n) is 5.11. The lowest BCUT2D eigenvalue weighted by atomic mass is 10.2. The topological polar surface area (TPSA) is 32.3 Å². The van der Waals surface area contributed by atoms with Gasteiger partial charge in [-0.3, -0.25) is 10.1 Å². The van der Waals surface area contributed by atoms with Crippen molar-refractivity contribution < 1.29 is 4.79 Å². The van der Waals surface area contributed by atoms with Crippen LogP contribution in [0, 0.1) is 5.92 Å². The third-order valence-corrected chi connectivity index (χ3v) is 4.58. The van der Waals surface area contributed by atoms with Gasteiger partial charge in [-0.25, -0.2) is 0 Å². The summed E-state index contributed by atoms with van der Waals surface area (Å²) >= 11 is 1.69. The fraction of sp³-hybridized carbons (Fsp3) is 0.615. The van der Waals surface area contributed by atoms with E-state index in [2.05, 4.69) is 40.9 Å². The predicted molar refractivity (Wildman–Crippen MR) is 68.7 cm³/mol. The molecule has 3 nitrogen and oxygen atoms in total. The number of hydrogen-bond acceptors (Lipinski definition) is 3. The average molecular weight is 250 g/mol. The predicted octanol–water partition coefficient (Wildman–Crippen LogP) is 2.37. The number of nitrogens with one attached hydrogen (secondary N) is 1. The largest absolute Gasteiger partial charge is 0.318 e. The molecule has 2 fully saturated rings. The Morgan fingerprint density at radius 2 is 2.35 bits per heavy atom. The lowest BCUT2D eigenvalue weighted by Gasteiger charge is -2.23. The van der Waals surface area contributed by atoms with Gasteiger partial charge in [-0.15, -0.1) is 0 Å². The smallest absolute Gasteiger partial charge is 0.241 e. The molecular weight excluding hydrogens is 232 g/mol. The van der Waals surface area contributed by atoms with Crippen LogP contribution >= 0.6 is 11.3 Å². The molecule has 0 radical (unpaired) electrons. The van der Waals surface area contributed by atoms with Gasteiger partial charge >= 0.3 is 0 Å². The summed E-state index contributed by atoms with van der Waals surface area (Å²) in [7, 11) is 0. The monoisotopic (exact) mass is 250 g/mol. The van der Waals surface area contributed by atoms with E-state index in [4.69, 9.17) is 0 Å². The average Bonchev–Trinajstić information content (AvgIpc) is 2.79. The maximum Gasteiger partial charge on any atom is 0.241 e. The van der Waals surface area contributed by atoms with E-state index in [1.54, 1.807) is 11.3 Å². The van der Waals surface area contributed by atoms with Crippen LogP contribution < -0.4 is 5.32 Å². The molecule has 0 bridgehead atoms. The Labute approximate surface area is 106 Å². The Hall–Kier alpha value is -0.870. The van der Waals surface area contributed by atoms with Gasteiger partial charge in [0.15, 0.2) is 0 Å². The van der Waals surface area contributed by atoms with Gasteiger partial charge in [0.05, 0.1) is 6.04 Å². The summed E-state index contributed by atoms with van der Waals surface area (Å²) in [5.41, 5.74) is 1.23. The number of carbonyl (C=O) groups excluding carboxylic acids is 1. The Morgan fingerprint density at radius 3 is 2.88 bits per heavy atom. The van der Waals surface area contributed by atoms with Gasteiger partial charge in [0.2, 0.25) is 5.91 Å². The molecule has 92 valence electrons. The van der Waals surface area contributed by atoms with E-state index in [0.717, 1.165) is 12.8 Å². The molecule has 3 rings (SSSR count). The van der Waals surface area contributed by atoms with Crippen molar-refractivity contribution in [1.29, 1.82) is 0 Å². The third kappa shape index (κ3) is 1.79. The summed E-state index contributed by atoms with van der Waals surface area (Å²) < 4.78 is 0. The maximum atomic E-state index is 12.3. The van der Waals surface area contributed by atoms with Crippen molar-refractivity contribution in [2.24, 2.45) is 5.92 Å². The highest BCUT2D eigenvalue weighted by atomic mass is 32.1. The van der Waals surface area contributed by atoms with Crippen molar-refractivity contribution >= 4 is 17.2 Å². The molecule has 2 heterocycles. The lowest BCUT2D eigenvalue weighted by molar-refractivity contribution is -0.130. The normalized spacial score (nSPS) is 36.6. The number of thiophene rings is 1. The zero-order chi connectivity index (χ0) is 12.0. The van der Waals surface area contributed by atoms with Gasteiger partial charge in [-0.05, 0) is 41.1 Å². The molecule has 0 aromatic carbocycles. The van der Waals surface area contributed by atoms with Crippen LogP contribution in [0.1, 0.15) is 38.4 Å². The van der Waals surface area contributed by atoms with Crippen LogP contribution in [0.25, 0.3) is 0 Å². The molecule has 0 spiro atoms. The molecule has 1 saturated carbocycles. The van der Waals surface area contributed by atoms with Crippen LogP contribution in [0.2, 0.25) is 0 Å². The molecule has 1 N–H and O–H groups in total. The molecule has 1 aromatic heterocycles. The SMILES string of the molecule is CCC1NC(c2ccsc2)N(C2CC2C)C1=O. The van der Waals surface area contributed by atoms with E-state index >= 15 is 0 Å². The van der Waals surface area contributed by atoms with Gasteiger partial charge in [0, 0.05) is 6.04 Å². The number of carbonyl (C=O) groups is 1. The van der Waals surface area contributed by atoms with E-state index < -0.39 is 0 Å². The number of nitrogens with zero attached hydrogens (tertiary/aromatic N) is 1. The highest BCUT2D eigenvalue weighted by molar-refractivity contribution is 7.07. The molecule has 1 aliphatic carbocycles. The first-order valence-electron chi connectivity index (χ1n) is 6.32. The van der Waals surface area contributed by atoms with Crippen molar-refractivity contribution in [2.45, 2.75) is 44.9 Å². The summed E-state index contributed by atoms with van der Waals surface area (Å²) in [5, 5.41) is 7.69. The second-order valence-corrected chi connectivity index (χ2v) is 5.89. The Kier molecular flexibility index (Phi) is 2.71. The summed E-state index contributed by atoms with van der Waals surface area (Å²) in [5.74, 6) is 0.954. The van der Waals surface area contributed by atoms with Gasteiger partial charge in [-0.1, -0.05) is 13.8 Å². The van der Waals surface area contributed by atoms with Crippen molar-refractivity contribution in [2.75, 3.05) is 0 Å². The lowest BCUT2D eigenvalue weighted by Crippen LogP contribution is -2.33. The minimum atomic E-state index is 0.00713. The fourth-order valence-corrected chi connectivity index (χ4v) is 3.35. The first-order valence-corrected chi connectivity index (χ1v) is 7.27. The summed E-state index contributed by atoms with van der Waals surface area (Å²) in [6, 6.07) is 2.58. The van der Waals surface area contributed by atoms with Crippen molar-refractivity contribution in [3.8, 4) is 0 Å². The van der Waals surface area contributed by atoms with E-state index in [0.29, 0.717) is 12.0 Å². The molecule has 1 saturated heterocycles. The van der Waals surface area contributed by atoms with Crippen LogP contribution in [-0.4, -0.2) is 22.9 Å². The van der Waals surface area contributed by atoms with Gasteiger partial charge in [0.1, 0.15) is 6.17 Å². The first-order chi connectivity index (χ1) is 8.22. The second kappa shape index (κ2) is 4.10. The first kappa shape index (κ1) is 11.2. The van der Waals surface area contributed by atoms with E-state index in [1.807, 2.05) is 0 Å². The van der Waals surface area contributed by atoms with Crippen LogP contribution in [0.5, 0.6) is 0 Å². The molecular formula is C13H18N2OS. The van der Waals surface area contributed by atoms with Gasteiger partial charge in [-0.2, -0.15) is 11.3 Å². The highest BCUT2D eigenvalue weighted by Gasteiger charge is 2.49. The summed E-state index contributed by atoms with van der Waals surface area (Å²) in [4.78, 5) is 14.4. The molecule has 4 atom stereocenters. The summed E-state index contributed by atoms with van der Waals surface area (Å²) in [6.07, 6.45) is 2.13. The summed E-state index contributed by atoms with van der Waals surface area (Å²) in [6.45, 7) is 4.29. The van der Waals surface area contributed by atoms with E-state index in [9.17, 15) is 4.79 Å². The molecule has 1 aromatic rings. The maximum absolute atomic E-state index is 12.3. The van der Waals surface area contributed by atoms with E-state index in [-0.39, 0.29) is 18.1 Å². The van der Waals surface area contributed by atoms with Crippen molar-refractivity contribution in [3.63, 3.8) is 0 Å². The molecule has 4 unspecified atom stereocenters. The molecule has 1 amide bonds. The van der Waals surface area contributed by atoms with Crippen molar-refractivity contribution in [1.82, 2.24) is 10.2 Å². The zero-order valence-electron chi connectivity index (χ0n) is 10.2. The minimum absolute atomic E-state index is 0.00713. The third-order valence-electron chi connectivity index (χ3n) is 3.88. The molecule has 17 heavy (non-hydrogen) atoms. The van der Waals surface area contributed by atoms with Gasteiger partial charge < -0.3 is 4.90 Å². The van der Waals surface area contributed by atoms with Crippen LogP contribution in [-0.2, 0) is 4.79 Å². The van der Waals surface area contributed by atoms with Crippen LogP contribution in [0.15, 0.2) is 16.8 Å². The Morgan fingerprint density at radius 1 is 1.59 bits per heavy atom. The number of amides is 1. The molecule has 1 aliphatic heterocycles. The Bertz CT molecular complexity index is 417.